The quantitative estimate of drug-likeness (QED) is 0.838. The molecule has 0 spiro atoms. The van der Waals surface area contributed by atoms with Crippen LogP contribution in [-0.2, 0) is 11.3 Å². The number of hydrogen-bond donors (Lipinski definition) is 0. The average molecular weight is 267 g/mol. The van der Waals surface area contributed by atoms with Gasteiger partial charge in [0.1, 0.15) is 0 Å². The molecule has 1 aliphatic heterocycles. The van der Waals surface area contributed by atoms with Gasteiger partial charge in [-0.2, -0.15) is 0 Å². The molecule has 0 unspecified atom stereocenters. The SMILES string of the molecule is C=Cc1cc(Cl)c(CN2CCC(OC)CC2)cn1. The second-order valence-corrected chi connectivity index (χ2v) is 5.02. The molecule has 3 nitrogen and oxygen atoms in total. The fourth-order valence-corrected chi connectivity index (χ4v) is 2.47. The van der Waals surface area contributed by atoms with Crippen LogP contribution in [-0.4, -0.2) is 36.2 Å². The van der Waals surface area contributed by atoms with Crippen molar-refractivity contribution >= 4 is 17.7 Å². The number of ether oxygens (including phenoxy) is 1. The van der Waals surface area contributed by atoms with Gasteiger partial charge in [-0.15, -0.1) is 0 Å². The van der Waals surface area contributed by atoms with Gasteiger partial charge in [0, 0.05) is 43.5 Å². The van der Waals surface area contributed by atoms with Crippen molar-refractivity contribution in [2.45, 2.75) is 25.5 Å². The molecule has 1 aromatic heterocycles. The first-order chi connectivity index (χ1) is 8.72. The zero-order valence-corrected chi connectivity index (χ0v) is 11.5. The molecule has 0 radical (unpaired) electrons. The van der Waals surface area contributed by atoms with Crippen LogP contribution in [0.3, 0.4) is 0 Å². The van der Waals surface area contributed by atoms with Crippen molar-refractivity contribution in [3.8, 4) is 0 Å². The van der Waals surface area contributed by atoms with Gasteiger partial charge in [0.15, 0.2) is 0 Å². The normalized spacial score (nSPS) is 17.9. The molecule has 0 atom stereocenters. The zero-order chi connectivity index (χ0) is 13.0. The van der Waals surface area contributed by atoms with Crippen molar-refractivity contribution in [3.05, 3.63) is 35.1 Å². The lowest BCUT2D eigenvalue weighted by atomic mass is 10.1. The van der Waals surface area contributed by atoms with Gasteiger partial charge in [0.05, 0.1) is 11.8 Å². The third kappa shape index (κ3) is 3.31. The summed E-state index contributed by atoms with van der Waals surface area (Å²) in [5.41, 5.74) is 1.90. The van der Waals surface area contributed by atoms with Crippen molar-refractivity contribution in [2.24, 2.45) is 0 Å². The van der Waals surface area contributed by atoms with Crippen molar-refractivity contribution in [3.63, 3.8) is 0 Å². The van der Waals surface area contributed by atoms with Crippen LogP contribution in [0.2, 0.25) is 5.02 Å². The second kappa shape index (κ2) is 6.32. The van der Waals surface area contributed by atoms with Gasteiger partial charge < -0.3 is 4.74 Å². The van der Waals surface area contributed by atoms with E-state index in [1.54, 1.807) is 13.2 Å². The number of nitrogens with zero attached hydrogens (tertiary/aromatic N) is 2. The molecule has 1 aliphatic rings. The van der Waals surface area contributed by atoms with Gasteiger partial charge in [-0.1, -0.05) is 18.2 Å². The highest BCUT2D eigenvalue weighted by Gasteiger charge is 2.19. The molecular formula is C14H19ClN2O. The van der Waals surface area contributed by atoms with Gasteiger partial charge in [0.25, 0.3) is 0 Å². The summed E-state index contributed by atoms with van der Waals surface area (Å²) in [6.45, 7) is 6.66. The van der Waals surface area contributed by atoms with E-state index >= 15 is 0 Å². The molecule has 0 aromatic carbocycles. The smallest absolute Gasteiger partial charge is 0.0638 e. The number of rotatable bonds is 4. The topological polar surface area (TPSA) is 25.4 Å². The molecule has 0 aliphatic carbocycles. The largest absolute Gasteiger partial charge is 0.381 e. The molecule has 1 saturated heterocycles. The van der Waals surface area contributed by atoms with E-state index in [4.69, 9.17) is 16.3 Å². The fourth-order valence-electron chi connectivity index (χ4n) is 2.25. The minimum absolute atomic E-state index is 0.415. The Morgan fingerprint density at radius 3 is 2.83 bits per heavy atom. The summed E-state index contributed by atoms with van der Waals surface area (Å²) in [5.74, 6) is 0. The molecule has 0 bridgehead atoms. The minimum atomic E-state index is 0.415. The van der Waals surface area contributed by atoms with Crippen molar-refractivity contribution < 1.29 is 4.74 Å². The van der Waals surface area contributed by atoms with E-state index in [0.717, 1.165) is 48.8 Å². The predicted octanol–water partition coefficient (Wildman–Crippen LogP) is 2.99. The number of halogens is 1. The van der Waals surface area contributed by atoms with E-state index in [9.17, 15) is 0 Å². The van der Waals surface area contributed by atoms with Crippen molar-refractivity contribution in [1.82, 2.24) is 9.88 Å². The highest BCUT2D eigenvalue weighted by Crippen LogP contribution is 2.21. The molecule has 0 N–H and O–H groups in total. The average Bonchev–Trinajstić information content (AvgIpc) is 2.42. The van der Waals surface area contributed by atoms with Gasteiger partial charge in [-0.05, 0) is 25.0 Å². The fraction of sp³-hybridized carbons (Fsp3) is 0.500. The van der Waals surface area contributed by atoms with E-state index in [2.05, 4.69) is 16.5 Å². The van der Waals surface area contributed by atoms with Crippen LogP contribution in [0.4, 0.5) is 0 Å². The first-order valence-corrected chi connectivity index (χ1v) is 6.62. The molecular weight excluding hydrogens is 248 g/mol. The number of methoxy groups -OCH3 is 1. The maximum atomic E-state index is 6.24. The van der Waals surface area contributed by atoms with Crippen molar-refractivity contribution in [2.75, 3.05) is 20.2 Å². The van der Waals surface area contributed by atoms with E-state index in [-0.39, 0.29) is 0 Å². The summed E-state index contributed by atoms with van der Waals surface area (Å²) in [6, 6.07) is 1.87. The summed E-state index contributed by atoms with van der Waals surface area (Å²) >= 11 is 6.24. The number of hydrogen-bond acceptors (Lipinski definition) is 3. The van der Waals surface area contributed by atoms with E-state index in [1.807, 2.05) is 12.3 Å². The highest BCUT2D eigenvalue weighted by molar-refractivity contribution is 6.31. The van der Waals surface area contributed by atoms with Gasteiger partial charge in [0.2, 0.25) is 0 Å². The summed E-state index contributed by atoms with van der Waals surface area (Å²) < 4.78 is 5.37. The van der Waals surface area contributed by atoms with Gasteiger partial charge in [-0.3, -0.25) is 9.88 Å². The Morgan fingerprint density at radius 2 is 2.28 bits per heavy atom. The van der Waals surface area contributed by atoms with Crippen LogP contribution in [0.15, 0.2) is 18.8 Å². The molecule has 18 heavy (non-hydrogen) atoms. The van der Waals surface area contributed by atoms with Crippen LogP contribution >= 0.6 is 11.6 Å². The third-order valence-electron chi connectivity index (χ3n) is 3.42. The lowest BCUT2D eigenvalue weighted by Crippen LogP contribution is -2.36. The molecule has 2 rings (SSSR count). The van der Waals surface area contributed by atoms with Gasteiger partial charge in [-0.25, -0.2) is 0 Å². The first-order valence-electron chi connectivity index (χ1n) is 6.25. The Balaban J connectivity index is 1.96. The summed E-state index contributed by atoms with van der Waals surface area (Å²) in [5, 5.41) is 0.772. The molecule has 0 saturated carbocycles. The van der Waals surface area contributed by atoms with E-state index in [1.165, 1.54) is 0 Å². The van der Waals surface area contributed by atoms with Crippen LogP contribution in [0.25, 0.3) is 6.08 Å². The summed E-state index contributed by atoms with van der Waals surface area (Å²) in [7, 11) is 1.79. The predicted molar refractivity (Wildman–Crippen MR) is 74.6 cm³/mol. The molecule has 1 fully saturated rings. The van der Waals surface area contributed by atoms with E-state index < -0.39 is 0 Å². The Hall–Kier alpha value is -0.900. The Bertz CT molecular complexity index is 414. The summed E-state index contributed by atoms with van der Waals surface area (Å²) in [6.07, 6.45) is 6.15. The number of pyridine rings is 1. The molecule has 2 heterocycles. The molecule has 4 heteroatoms. The van der Waals surface area contributed by atoms with Crippen LogP contribution in [0.5, 0.6) is 0 Å². The number of likely N-dealkylation sites (tertiary alicyclic amines) is 1. The monoisotopic (exact) mass is 266 g/mol. The highest BCUT2D eigenvalue weighted by atomic mass is 35.5. The van der Waals surface area contributed by atoms with Crippen molar-refractivity contribution in [1.29, 1.82) is 0 Å². The third-order valence-corrected chi connectivity index (χ3v) is 3.77. The van der Waals surface area contributed by atoms with Crippen LogP contribution in [0.1, 0.15) is 24.1 Å². The molecule has 1 aromatic rings. The maximum Gasteiger partial charge on any atom is 0.0638 e. The standard InChI is InChI=1S/C14H19ClN2O/c1-3-12-8-14(15)11(9-16-12)10-17-6-4-13(18-2)5-7-17/h3,8-9,13H,1,4-7,10H2,2H3. The second-order valence-electron chi connectivity index (χ2n) is 4.62. The summed E-state index contributed by atoms with van der Waals surface area (Å²) in [4.78, 5) is 6.70. The first kappa shape index (κ1) is 13.5. The number of aromatic nitrogens is 1. The lowest BCUT2D eigenvalue weighted by molar-refractivity contribution is 0.0388. The Labute approximate surface area is 113 Å². The van der Waals surface area contributed by atoms with Gasteiger partial charge >= 0.3 is 0 Å². The number of piperidine rings is 1. The zero-order valence-electron chi connectivity index (χ0n) is 10.7. The maximum absolute atomic E-state index is 6.24. The van der Waals surface area contributed by atoms with Crippen LogP contribution in [0, 0.1) is 0 Å². The van der Waals surface area contributed by atoms with E-state index in [0.29, 0.717) is 6.10 Å². The van der Waals surface area contributed by atoms with Crippen LogP contribution < -0.4 is 0 Å². The Kier molecular flexibility index (Phi) is 4.75. The molecule has 98 valence electrons. The molecule has 0 amide bonds. The minimum Gasteiger partial charge on any atom is -0.381 e. The lowest BCUT2D eigenvalue weighted by Gasteiger charge is -2.31. The Morgan fingerprint density at radius 1 is 1.56 bits per heavy atom.